The van der Waals surface area contributed by atoms with Gasteiger partial charge in [-0.05, 0) is 83.5 Å². The third-order valence-corrected chi connectivity index (χ3v) is 14.3. The molecule has 0 saturated carbocycles. The fraction of sp³-hybridized carbons (Fsp3) is 0.809. The highest BCUT2D eigenvalue weighted by atomic mass is 16.6. The number of hydrogen-bond acceptors (Lipinski definition) is 6. The second-order valence-corrected chi connectivity index (χ2v) is 21.6. The number of ether oxygens (including phenoxy) is 3. The summed E-state index contributed by atoms with van der Waals surface area (Å²) >= 11 is 0. The number of carbonyl (C=O) groups is 3. The van der Waals surface area contributed by atoms with E-state index in [9.17, 15) is 14.4 Å². The molecule has 0 aliphatic rings. The van der Waals surface area contributed by atoms with Crippen LogP contribution in [-0.4, -0.2) is 37.2 Å². The molecule has 0 spiro atoms. The number of hydrogen-bond donors (Lipinski definition) is 0. The van der Waals surface area contributed by atoms with Crippen LogP contribution in [0.25, 0.3) is 0 Å². The van der Waals surface area contributed by atoms with Gasteiger partial charge in [-0.25, -0.2) is 0 Å². The van der Waals surface area contributed by atoms with Gasteiger partial charge < -0.3 is 14.2 Å². The van der Waals surface area contributed by atoms with Gasteiger partial charge >= 0.3 is 17.9 Å². The Morgan fingerprint density at radius 1 is 0.284 bits per heavy atom. The summed E-state index contributed by atoms with van der Waals surface area (Å²) in [6.07, 6.45) is 80.0. The van der Waals surface area contributed by atoms with E-state index in [4.69, 9.17) is 14.2 Å². The van der Waals surface area contributed by atoms with Crippen molar-refractivity contribution in [3.8, 4) is 0 Å². The van der Waals surface area contributed by atoms with Crippen LogP contribution in [0.5, 0.6) is 0 Å². The summed E-state index contributed by atoms with van der Waals surface area (Å²) in [4.78, 5) is 38.0. The molecule has 6 heteroatoms. The number of unbranched alkanes of at least 4 members (excludes halogenated alkanes) is 38. The average molecular weight is 1040 g/mol. The van der Waals surface area contributed by atoms with Crippen molar-refractivity contribution in [1.29, 1.82) is 0 Å². The van der Waals surface area contributed by atoms with Crippen LogP contribution in [0.15, 0.2) is 60.8 Å². The lowest BCUT2D eigenvalue weighted by Crippen LogP contribution is -2.30. The molecule has 0 aliphatic heterocycles. The van der Waals surface area contributed by atoms with Crippen LogP contribution in [0.3, 0.4) is 0 Å². The molecule has 0 aromatic rings. The predicted octanol–water partition coefficient (Wildman–Crippen LogP) is 21.9. The SMILES string of the molecule is CC/C=C\C/C=C\C/C=C\C/C=C\CCCCC(=O)OC(COC(=O)CCCCCCCCCC)COC(=O)CCCCCCCCCCCCCCCCCCCCCCC/C=C\CCCCCCCCCC. The molecule has 1 unspecified atom stereocenters. The lowest BCUT2D eigenvalue weighted by Gasteiger charge is -2.18. The molecule has 0 aromatic heterocycles. The minimum Gasteiger partial charge on any atom is -0.462 e. The Morgan fingerprint density at radius 3 is 0.865 bits per heavy atom. The number of rotatable bonds is 59. The van der Waals surface area contributed by atoms with Gasteiger partial charge in [0, 0.05) is 19.3 Å². The summed E-state index contributed by atoms with van der Waals surface area (Å²) in [5.41, 5.74) is 0. The highest BCUT2D eigenvalue weighted by Gasteiger charge is 2.19. The first kappa shape index (κ1) is 71.1. The number of carbonyl (C=O) groups excluding carboxylic acids is 3. The average Bonchev–Trinajstić information content (AvgIpc) is 3.40. The smallest absolute Gasteiger partial charge is 0.306 e. The maximum absolute atomic E-state index is 12.8. The Balaban J connectivity index is 4.01. The third kappa shape index (κ3) is 60.0. The standard InChI is InChI=1S/C68H122O6/c1-4-7-10-13-16-19-21-23-25-26-27-28-29-30-31-32-33-34-35-36-37-38-39-40-41-42-44-45-47-49-52-55-58-61-67(70)73-64-65(63-72-66(69)60-57-54-51-18-15-12-9-6-3)74-68(71)62-59-56-53-50-48-46-43-24-22-20-17-14-11-8-5-2/h8,11,17,20,24,26-27,43,48,50,65H,4-7,9-10,12-16,18-19,21-23,25,28-42,44-47,49,51-64H2,1-3H3/b11-8-,20-17-,27-26-,43-24-,50-48-. The van der Waals surface area contributed by atoms with E-state index < -0.39 is 6.10 Å². The van der Waals surface area contributed by atoms with Crippen molar-refractivity contribution in [2.75, 3.05) is 13.2 Å². The van der Waals surface area contributed by atoms with E-state index >= 15 is 0 Å². The van der Waals surface area contributed by atoms with Crippen LogP contribution in [0.2, 0.25) is 0 Å². The highest BCUT2D eigenvalue weighted by molar-refractivity contribution is 5.71. The van der Waals surface area contributed by atoms with Crippen LogP contribution in [0.4, 0.5) is 0 Å². The summed E-state index contributed by atoms with van der Waals surface area (Å²) in [5.74, 6) is -0.921. The Hall–Kier alpha value is -2.89. The zero-order valence-electron chi connectivity index (χ0n) is 49.4. The van der Waals surface area contributed by atoms with Gasteiger partial charge in [0.25, 0.3) is 0 Å². The summed E-state index contributed by atoms with van der Waals surface area (Å²) in [5, 5.41) is 0. The Labute approximate surface area is 460 Å². The first-order chi connectivity index (χ1) is 36.5. The molecule has 74 heavy (non-hydrogen) atoms. The molecular weight excluding hydrogens is 913 g/mol. The third-order valence-electron chi connectivity index (χ3n) is 14.3. The van der Waals surface area contributed by atoms with Crippen molar-refractivity contribution < 1.29 is 28.6 Å². The van der Waals surface area contributed by atoms with Crippen molar-refractivity contribution in [3.63, 3.8) is 0 Å². The van der Waals surface area contributed by atoms with Gasteiger partial charge in [-0.15, -0.1) is 0 Å². The maximum Gasteiger partial charge on any atom is 0.306 e. The van der Waals surface area contributed by atoms with Crippen molar-refractivity contribution in [2.45, 2.75) is 341 Å². The van der Waals surface area contributed by atoms with E-state index in [1.54, 1.807) is 0 Å². The molecule has 0 aromatic carbocycles. The molecule has 0 radical (unpaired) electrons. The Kier molecular flexibility index (Phi) is 60.2. The molecule has 0 heterocycles. The van der Waals surface area contributed by atoms with Gasteiger partial charge in [-0.2, -0.15) is 0 Å². The van der Waals surface area contributed by atoms with Crippen molar-refractivity contribution >= 4 is 17.9 Å². The largest absolute Gasteiger partial charge is 0.462 e. The maximum atomic E-state index is 12.8. The van der Waals surface area contributed by atoms with Crippen molar-refractivity contribution in [1.82, 2.24) is 0 Å². The van der Waals surface area contributed by atoms with E-state index in [0.717, 1.165) is 77.0 Å². The molecule has 0 N–H and O–H groups in total. The van der Waals surface area contributed by atoms with Gasteiger partial charge in [-0.1, -0.05) is 293 Å². The fourth-order valence-corrected chi connectivity index (χ4v) is 9.43. The lowest BCUT2D eigenvalue weighted by atomic mass is 10.0. The van der Waals surface area contributed by atoms with Crippen molar-refractivity contribution in [2.24, 2.45) is 0 Å². The summed E-state index contributed by atoms with van der Waals surface area (Å²) in [7, 11) is 0. The van der Waals surface area contributed by atoms with E-state index in [1.807, 2.05) is 0 Å². The van der Waals surface area contributed by atoms with E-state index in [2.05, 4.69) is 81.5 Å². The summed E-state index contributed by atoms with van der Waals surface area (Å²) < 4.78 is 16.8. The van der Waals surface area contributed by atoms with E-state index in [1.165, 1.54) is 212 Å². The Bertz CT molecular complexity index is 1330. The second kappa shape index (κ2) is 62.6. The van der Waals surface area contributed by atoms with E-state index in [0.29, 0.717) is 19.3 Å². The monoisotopic (exact) mass is 1030 g/mol. The fourth-order valence-electron chi connectivity index (χ4n) is 9.43. The molecule has 1 atom stereocenters. The number of allylic oxidation sites excluding steroid dienone is 10. The van der Waals surface area contributed by atoms with Gasteiger partial charge in [0.15, 0.2) is 6.10 Å². The quantitative estimate of drug-likeness (QED) is 0.0261. The predicted molar refractivity (Wildman–Crippen MR) is 321 cm³/mol. The zero-order chi connectivity index (χ0) is 53.6. The van der Waals surface area contributed by atoms with Gasteiger partial charge in [0.1, 0.15) is 13.2 Å². The Morgan fingerprint density at radius 2 is 0.527 bits per heavy atom. The number of esters is 3. The summed E-state index contributed by atoms with van der Waals surface area (Å²) in [6.45, 7) is 6.49. The van der Waals surface area contributed by atoms with Gasteiger partial charge in [0.05, 0.1) is 0 Å². The molecule has 0 rings (SSSR count). The summed E-state index contributed by atoms with van der Waals surface area (Å²) in [6, 6.07) is 0. The minimum absolute atomic E-state index is 0.0874. The molecular formula is C68H122O6. The van der Waals surface area contributed by atoms with Crippen LogP contribution < -0.4 is 0 Å². The van der Waals surface area contributed by atoms with Gasteiger partial charge in [-0.3, -0.25) is 14.4 Å². The molecule has 6 nitrogen and oxygen atoms in total. The van der Waals surface area contributed by atoms with Crippen LogP contribution in [0, 0.1) is 0 Å². The van der Waals surface area contributed by atoms with Crippen LogP contribution in [0.1, 0.15) is 335 Å². The molecule has 0 saturated heterocycles. The highest BCUT2D eigenvalue weighted by Crippen LogP contribution is 2.17. The first-order valence-corrected chi connectivity index (χ1v) is 32.3. The van der Waals surface area contributed by atoms with E-state index in [-0.39, 0.29) is 37.5 Å². The molecule has 0 aliphatic carbocycles. The molecule has 0 bridgehead atoms. The lowest BCUT2D eigenvalue weighted by molar-refractivity contribution is -0.167. The molecule has 0 fully saturated rings. The van der Waals surface area contributed by atoms with Crippen molar-refractivity contribution in [3.05, 3.63) is 60.8 Å². The topological polar surface area (TPSA) is 78.9 Å². The van der Waals surface area contributed by atoms with Gasteiger partial charge in [0.2, 0.25) is 0 Å². The molecule has 430 valence electrons. The second-order valence-electron chi connectivity index (χ2n) is 21.6. The van der Waals surface area contributed by atoms with Crippen LogP contribution in [-0.2, 0) is 28.6 Å². The first-order valence-electron chi connectivity index (χ1n) is 32.3. The van der Waals surface area contributed by atoms with Crippen LogP contribution >= 0.6 is 0 Å². The normalized spacial score (nSPS) is 12.4. The minimum atomic E-state index is -0.792. The zero-order valence-corrected chi connectivity index (χ0v) is 49.4. The molecule has 0 amide bonds.